The molecule has 1 saturated heterocycles. The maximum absolute atomic E-state index is 12.9. The number of aromatic nitrogens is 3. The highest BCUT2D eigenvalue weighted by atomic mass is 16.2. The molecular formula is C20H21N5O2. The van der Waals surface area contributed by atoms with Crippen LogP contribution in [0.25, 0.3) is 16.8 Å². The normalized spacial score (nSPS) is 14.3. The predicted octanol–water partition coefficient (Wildman–Crippen LogP) is 2.38. The van der Waals surface area contributed by atoms with Crippen molar-refractivity contribution in [1.29, 1.82) is 0 Å². The molecule has 0 atom stereocenters. The summed E-state index contributed by atoms with van der Waals surface area (Å²) in [5.74, 6) is -0.191. The maximum Gasteiger partial charge on any atom is 0.269 e. The van der Waals surface area contributed by atoms with Crippen LogP contribution in [0.2, 0.25) is 0 Å². The summed E-state index contributed by atoms with van der Waals surface area (Å²) in [5, 5.41) is 7.00. The first kappa shape index (κ1) is 17.2. The van der Waals surface area contributed by atoms with Crippen molar-refractivity contribution in [3.8, 4) is 11.3 Å². The van der Waals surface area contributed by atoms with Gasteiger partial charge in [-0.3, -0.25) is 14.6 Å². The summed E-state index contributed by atoms with van der Waals surface area (Å²) in [7, 11) is 1.57. The lowest BCUT2D eigenvalue weighted by Gasteiger charge is -2.26. The van der Waals surface area contributed by atoms with E-state index in [1.807, 2.05) is 29.2 Å². The highest BCUT2D eigenvalue weighted by molar-refractivity contribution is 6.01. The molecular weight excluding hydrogens is 342 g/mol. The first-order chi connectivity index (χ1) is 13.2. The fourth-order valence-corrected chi connectivity index (χ4v) is 3.47. The Balaban J connectivity index is 1.70. The van der Waals surface area contributed by atoms with Crippen molar-refractivity contribution in [3.05, 3.63) is 54.0 Å². The van der Waals surface area contributed by atoms with Crippen LogP contribution in [0.5, 0.6) is 0 Å². The molecule has 2 amide bonds. The lowest BCUT2D eigenvalue weighted by Crippen LogP contribution is -2.35. The van der Waals surface area contributed by atoms with E-state index >= 15 is 0 Å². The Morgan fingerprint density at radius 3 is 2.56 bits per heavy atom. The quantitative estimate of drug-likeness (QED) is 0.775. The Kier molecular flexibility index (Phi) is 4.58. The number of nitrogens with one attached hydrogen (secondary N) is 1. The molecule has 1 N–H and O–H groups in total. The van der Waals surface area contributed by atoms with E-state index in [9.17, 15) is 9.59 Å². The van der Waals surface area contributed by atoms with E-state index in [2.05, 4.69) is 15.4 Å². The van der Waals surface area contributed by atoms with Gasteiger partial charge < -0.3 is 10.2 Å². The predicted molar refractivity (Wildman–Crippen MR) is 102 cm³/mol. The number of carbonyl (C=O) groups is 2. The molecule has 0 radical (unpaired) electrons. The van der Waals surface area contributed by atoms with Crippen molar-refractivity contribution < 1.29 is 9.59 Å². The SMILES string of the molecule is CNC(=O)c1ccc(-c2cccc3c(C(=O)N4CCCCC4)cnn23)cn1. The van der Waals surface area contributed by atoms with Crippen LogP contribution in [-0.4, -0.2) is 51.4 Å². The molecule has 0 spiro atoms. The molecule has 7 nitrogen and oxygen atoms in total. The van der Waals surface area contributed by atoms with E-state index in [-0.39, 0.29) is 11.8 Å². The highest BCUT2D eigenvalue weighted by Gasteiger charge is 2.22. The van der Waals surface area contributed by atoms with Gasteiger partial charge in [0.25, 0.3) is 11.8 Å². The number of pyridine rings is 2. The average Bonchev–Trinajstić information content (AvgIpc) is 3.17. The van der Waals surface area contributed by atoms with Crippen LogP contribution in [0.3, 0.4) is 0 Å². The zero-order chi connectivity index (χ0) is 18.8. The first-order valence-electron chi connectivity index (χ1n) is 9.13. The third-order valence-electron chi connectivity index (χ3n) is 4.94. The monoisotopic (exact) mass is 363 g/mol. The summed E-state index contributed by atoms with van der Waals surface area (Å²) in [5.41, 5.74) is 3.40. The van der Waals surface area contributed by atoms with Gasteiger partial charge in [0.15, 0.2) is 0 Å². The topological polar surface area (TPSA) is 79.6 Å². The van der Waals surface area contributed by atoms with E-state index in [0.717, 1.165) is 42.7 Å². The Morgan fingerprint density at radius 1 is 1.04 bits per heavy atom. The summed E-state index contributed by atoms with van der Waals surface area (Å²) < 4.78 is 1.76. The van der Waals surface area contributed by atoms with E-state index in [4.69, 9.17) is 0 Å². The van der Waals surface area contributed by atoms with Gasteiger partial charge in [0.2, 0.25) is 0 Å². The number of hydrogen-bond acceptors (Lipinski definition) is 4. The van der Waals surface area contributed by atoms with Crippen molar-refractivity contribution in [1.82, 2.24) is 24.8 Å². The van der Waals surface area contributed by atoms with Gasteiger partial charge in [-0.2, -0.15) is 5.10 Å². The van der Waals surface area contributed by atoms with Crippen LogP contribution in [0, 0.1) is 0 Å². The number of carbonyl (C=O) groups excluding carboxylic acids is 2. The number of rotatable bonds is 3. The van der Waals surface area contributed by atoms with Crippen molar-refractivity contribution in [2.24, 2.45) is 0 Å². The van der Waals surface area contributed by atoms with Crippen LogP contribution >= 0.6 is 0 Å². The number of hydrogen-bond donors (Lipinski definition) is 1. The zero-order valence-corrected chi connectivity index (χ0v) is 15.2. The van der Waals surface area contributed by atoms with E-state index in [0.29, 0.717) is 11.3 Å². The van der Waals surface area contributed by atoms with Crippen molar-refractivity contribution in [3.63, 3.8) is 0 Å². The summed E-state index contributed by atoms with van der Waals surface area (Å²) in [6, 6.07) is 9.24. The summed E-state index contributed by atoms with van der Waals surface area (Å²) in [6.07, 6.45) is 6.58. The summed E-state index contributed by atoms with van der Waals surface area (Å²) in [4.78, 5) is 30.7. The number of likely N-dealkylation sites (tertiary alicyclic amines) is 1. The average molecular weight is 363 g/mol. The fourth-order valence-electron chi connectivity index (χ4n) is 3.47. The lowest BCUT2D eigenvalue weighted by atomic mass is 10.1. The van der Waals surface area contributed by atoms with Gasteiger partial charge in [0.1, 0.15) is 5.69 Å². The van der Waals surface area contributed by atoms with Crippen LogP contribution in [-0.2, 0) is 0 Å². The number of piperidine rings is 1. The molecule has 3 aromatic rings. The van der Waals surface area contributed by atoms with Gasteiger partial charge in [-0.15, -0.1) is 0 Å². The van der Waals surface area contributed by atoms with Crippen LogP contribution in [0.4, 0.5) is 0 Å². The third-order valence-corrected chi connectivity index (χ3v) is 4.94. The van der Waals surface area contributed by atoms with Gasteiger partial charge in [-0.1, -0.05) is 6.07 Å². The molecule has 1 aliphatic heterocycles. The summed E-state index contributed by atoms with van der Waals surface area (Å²) >= 11 is 0. The number of nitrogens with zero attached hydrogens (tertiary/aromatic N) is 4. The molecule has 27 heavy (non-hydrogen) atoms. The summed E-state index contributed by atoms with van der Waals surface area (Å²) in [6.45, 7) is 1.61. The van der Waals surface area contributed by atoms with Crippen LogP contribution < -0.4 is 5.32 Å². The second-order valence-electron chi connectivity index (χ2n) is 6.63. The van der Waals surface area contributed by atoms with Crippen molar-refractivity contribution in [2.75, 3.05) is 20.1 Å². The molecule has 3 aromatic heterocycles. The molecule has 0 unspecified atom stereocenters. The van der Waals surface area contributed by atoms with E-state index < -0.39 is 0 Å². The highest BCUT2D eigenvalue weighted by Crippen LogP contribution is 2.23. The van der Waals surface area contributed by atoms with E-state index in [1.54, 1.807) is 30.0 Å². The third kappa shape index (κ3) is 3.16. The molecule has 1 aliphatic rings. The Morgan fingerprint density at radius 2 is 1.85 bits per heavy atom. The van der Waals surface area contributed by atoms with Crippen LogP contribution in [0.1, 0.15) is 40.1 Å². The molecule has 0 saturated carbocycles. The first-order valence-corrected chi connectivity index (χ1v) is 9.13. The standard InChI is InChI=1S/C20H21N5O2/c1-21-19(26)16-9-8-14(12-22-16)17-6-5-7-18-15(13-23-25(17)18)20(27)24-10-3-2-4-11-24/h5-9,12-13H,2-4,10-11H2,1H3,(H,21,26). The van der Waals surface area contributed by atoms with Gasteiger partial charge in [-0.05, 0) is 43.5 Å². The Bertz CT molecular complexity index is 987. The largest absolute Gasteiger partial charge is 0.354 e. The maximum atomic E-state index is 12.9. The van der Waals surface area contributed by atoms with Gasteiger partial charge in [0, 0.05) is 31.9 Å². The molecule has 0 aromatic carbocycles. The molecule has 7 heteroatoms. The van der Waals surface area contributed by atoms with Gasteiger partial charge in [-0.25, -0.2) is 4.52 Å². The van der Waals surface area contributed by atoms with Crippen LogP contribution in [0.15, 0.2) is 42.7 Å². The second kappa shape index (κ2) is 7.19. The van der Waals surface area contributed by atoms with Crippen molar-refractivity contribution in [2.45, 2.75) is 19.3 Å². The Hall–Kier alpha value is -3.22. The molecule has 138 valence electrons. The molecule has 0 aliphatic carbocycles. The number of amides is 2. The minimum atomic E-state index is -0.228. The Labute approximate surface area is 157 Å². The minimum Gasteiger partial charge on any atom is -0.354 e. The van der Waals surface area contributed by atoms with Gasteiger partial charge >= 0.3 is 0 Å². The van der Waals surface area contributed by atoms with E-state index in [1.165, 1.54) is 6.42 Å². The molecule has 1 fully saturated rings. The lowest BCUT2D eigenvalue weighted by molar-refractivity contribution is 0.0726. The minimum absolute atomic E-state index is 0.0370. The zero-order valence-electron chi connectivity index (χ0n) is 15.2. The number of fused-ring (bicyclic) bond motifs is 1. The molecule has 4 heterocycles. The fraction of sp³-hybridized carbons (Fsp3) is 0.300. The van der Waals surface area contributed by atoms with Crippen molar-refractivity contribution >= 4 is 17.3 Å². The molecule has 4 rings (SSSR count). The van der Waals surface area contributed by atoms with Gasteiger partial charge in [0.05, 0.1) is 23.0 Å². The molecule has 0 bridgehead atoms. The second-order valence-corrected chi connectivity index (χ2v) is 6.63. The smallest absolute Gasteiger partial charge is 0.269 e.